The molecule has 7 heteroatoms. The molecule has 1 fully saturated rings. The van der Waals surface area contributed by atoms with Gasteiger partial charge in [-0.3, -0.25) is 0 Å². The third-order valence-electron chi connectivity index (χ3n) is 3.21. The lowest BCUT2D eigenvalue weighted by molar-refractivity contribution is 0.0532. The normalized spacial score (nSPS) is 16.6. The number of likely N-dealkylation sites (N-methyl/N-ethyl adjacent to an activating group) is 1. The van der Waals surface area contributed by atoms with Gasteiger partial charge in [0.1, 0.15) is 0 Å². The van der Waals surface area contributed by atoms with Crippen molar-refractivity contribution in [3.8, 4) is 0 Å². The molecule has 0 unspecified atom stereocenters. The number of thiazole rings is 1. The van der Waals surface area contributed by atoms with Crippen LogP contribution in [0.1, 0.15) is 23.5 Å². The lowest BCUT2D eigenvalue weighted by Gasteiger charge is -2.34. The summed E-state index contributed by atoms with van der Waals surface area (Å²) < 4.78 is 5.05. The van der Waals surface area contributed by atoms with E-state index in [-0.39, 0.29) is 5.97 Å². The van der Waals surface area contributed by atoms with Gasteiger partial charge in [0.15, 0.2) is 15.8 Å². The Morgan fingerprint density at radius 3 is 2.63 bits per heavy atom. The first-order valence-corrected chi connectivity index (χ1v) is 7.38. The van der Waals surface area contributed by atoms with Crippen LogP contribution in [0.4, 0.5) is 10.9 Å². The quantitative estimate of drug-likeness (QED) is 0.833. The fourth-order valence-corrected chi connectivity index (χ4v) is 2.90. The predicted octanol–water partition coefficient (Wildman–Crippen LogP) is 1.04. The summed E-state index contributed by atoms with van der Waals surface area (Å²) in [5.41, 5.74) is 5.74. The summed E-state index contributed by atoms with van der Waals surface area (Å²) in [5.74, 6) is 0.348. The van der Waals surface area contributed by atoms with E-state index in [9.17, 15) is 4.79 Å². The van der Waals surface area contributed by atoms with E-state index in [4.69, 9.17) is 10.5 Å². The lowest BCUT2D eigenvalue weighted by Crippen LogP contribution is -2.46. The van der Waals surface area contributed by atoms with E-state index in [0.29, 0.717) is 22.4 Å². The molecule has 0 aromatic carbocycles. The summed E-state index contributed by atoms with van der Waals surface area (Å²) in [5, 5.41) is 0.413. The SMILES string of the molecule is CCOC(=O)c1sc(N)nc1N1CCN(CC)CC1. The zero-order valence-electron chi connectivity index (χ0n) is 11.4. The maximum Gasteiger partial charge on any atom is 0.352 e. The van der Waals surface area contributed by atoms with Crippen LogP contribution in [0.25, 0.3) is 0 Å². The molecule has 0 atom stereocenters. The van der Waals surface area contributed by atoms with Crippen molar-refractivity contribution in [2.45, 2.75) is 13.8 Å². The molecule has 106 valence electrons. The number of hydrogen-bond donors (Lipinski definition) is 1. The van der Waals surface area contributed by atoms with Crippen molar-refractivity contribution in [2.75, 3.05) is 50.0 Å². The number of ether oxygens (including phenoxy) is 1. The van der Waals surface area contributed by atoms with Gasteiger partial charge in [-0.05, 0) is 13.5 Å². The number of anilines is 2. The highest BCUT2D eigenvalue weighted by Crippen LogP contribution is 2.29. The standard InChI is InChI=1S/C12H20N4O2S/c1-3-15-5-7-16(8-6-15)10-9(11(17)18-4-2)19-12(13)14-10/h3-8H2,1-2H3,(H2,13,14). The maximum absolute atomic E-state index is 11.9. The van der Waals surface area contributed by atoms with Crippen molar-refractivity contribution in [2.24, 2.45) is 0 Å². The minimum absolute atomic E-state index is 0.329. The molecule has 0 bridgehead atoms. The third-order valence-corrected chi connectivity index (χ3v) is 4.06. The van der Waals surface area contributed by atoms with Gasteiger partial charge in [0.05, 0.1) is 6.61 Å². The van der Waals surface area contributed by atoms with Gasteiger partial charge in [-0.25, -0.2) is 9.78 Å². The first-order chi connectivity index (χ1) is 9.15. The molecule has 2 rings (SSSR count). The van der Waals surface area contributed by atoms with E-state index >= 15 is 0 Å². The lowest BCUT2D eigenvalue weighted by atomic mass is 10.3. The van der Waals surface area contributed by atoms with Gasteiger partial charge in [-0.15, -0.1) is 0 Å². The van der Waals surface area contributed by atoms with Gasteiger partial charge in [-0.1, -0.05) is 18.3 Å². The summed E-state index contributed by atoms with van der Waals surface area (Å²) in [6, 6.07) is 0. The molecule has 0 aliphatic carbocycles. The monoisotopic (exact) mass is 284 g/mol. The van der Waals surface area contributed by atoms with E-state index in [1.54, 1.807) is 6.92 Å². The number of esters is 1. The van der Waals surface area contributed by atoms with Crippen LogP contribution in [0.15, 0.2) is 0 Å². The van der Waals surface area contributed by atoms with Crippen LogP contribution < -0.4 is 10.6 Å². The summed E-state index contributed by atoms with van der Waals surface area (Å²) in [7, 11) is 0. The summed E-state index contributed by atoms with van der Waals surface area (Å²) in [6.45, 7) is 9.05. The van der Waals surface area contributed by atoms with Crippen molar-refractivity contribution in [3.05, 3.63) is 4.88 Å². The molecular weight excluding hydrogens is 264 g/mol. The number of carbonyl (C=O) groups is 1. The van der Waals surface area contributed by atoms with E-state index in [1.165, 1.54) is 11.3 Å². The molecule has 0 amide bonds. The van der Waals surface area contributed by atoms with Crippen LogP contribution in [0.5, 0.6) is 0 Å². The van der Waals surface area contributed by atoms with E-state index in [1.807, 2.05) is 0 Å². The number of nitrogens with two attached hydrogens (primary N) is 1. The average Bonchev–Trinajstić information content (AvgIpc) is 2.81. The van der Waals surface area contributed by atoms with Gasteiger partial charge >= 0.3 is 5.97 Å². The number of nitrogen functional groups attached to an aromatic ring is 1. The second-order valence-electron chi connectivity index (χ2n) is 4.35. The third kappa shape index (κ3) is 3.16. The van der Waals surface area contributed by atoms with Gasteiger partial charge in [0, 0.05) is 26.2 Å². The zero-order chi connectivity index (χ0) is 13.8. The Bertz CT molecular complexity index is 441. The zero-order valence-corrected chi connectivity index (χ0v) is 12.2. The Balaban J connectivity index is 2.14. The molecule has 19 heavy (non-hydrogen) atoms. The smallest absolute Gasteiger partial charge is 0.352 e. The topological polar surface area (TPSA) is 71.7 Å². The molecule has 0 saturated carbocycles. The van der Waals surface area contributed by atoms with Gasteiger partial charge in [0.25, 0.3) is 0 Å². The van der Waals surface area contributed by atoms with Crippen LogP contribution in [0.3, 0.4) is 0 Å². The summed E-state index contributed by atoms with van der Waals surface area (Å²) in [6.07, 6.45) is 0. The fourth-order valence-electron chi connectivity index (χ4n) is 2.15. The Morgan fingerprint density at radius 1 is 1.37 bits per heavy atom. The van der Waals surface area contributed by atoms with Crippen LogP contribution >= 0.6 is 11.3 Å². The van der Waals surface area contributed by atoms with Crippen molar-refractivity contribution >= 4 is 28.3 Å². The minimum atomic E-state index is -0.329. The molecule has 1 aromatic rings. The molecule has 6 nitrogen and oxygen atoms in total. The van der Waals surface area contributed by atoms with Crippen molar-refractivity contribution in [1.29, 1.82) is 0 Å². The predicted molar refractivity (Wildman–Crippen MR) is 76.8 cm³/mol. The number of nitrogens with zero attached hydrogens (tertiary/aromatic N) is 3. The van der Waals surface area contributed by atoms with Gasteiger partial charge < -0.3 is 20.3 Å². The first kappa shape index (κ1) is 14.1. The minimum Gasteiger partial charge on any atom is -0.462 e. The molecule has 1 saturated heterocycles. The largest absolute Gasteiger partial charge is 0.462 e. The summed E-state index contributed by atoms with van der Waals surface area (Å²) in [4.78, 5) is 21.2. The molecule has 0 spiro atoms. The second kappa shape index (κ2) is 6.21. The van der Waals surface area contributed by atoms with Crippen LogP contribution in [-0.4, -0.2) is 55.2 Å². The van der Waals surface area contributed by atoms with Crippen molar-refractivity contribution in [1.82, 2.24) is 9.88 Å². The fraction of sp³-hybridized carbons (Fsp3) is 0.667. The number of carbonyl (C=O) groups excluding carboxylic acids is 1. The molecule has 1 aromatic heterocycles. The van der Waals surface area contributed by atoms with Crippen molar-refractivity contribution in [3.63, 3.8) is 0 Å². The maximum atomic E-state index is 11.9. The number of aromatic nitrogens is 1. The Morgan fingerprint density at radius 2 is 2.05 bits per heavy atom. The molecule has 2 heterocycles. The summed E-state index contributed by atoms with van der Waals surface area (Å²) >= 11 is 1.20. The van der Waals surface area contributed by atoms with E-state index in [2.05, 4.69) is 21.7 Å². The number of piperazine rings is 1. The van der Waals surface area contributed by atoms with Crippen LogP contribution in [0, 0.1) is 0 Å². The Kier molecular flexibility index (Phi) is 4.60. The molecule has 1 aliphatic heterocycles. The average molecular weight is 284 g/mol. The molecular formula is C12H20N4O2S. The second-order valence-corrected chi connectivity index (χ2v) is 5.38. The van der Waals surface area contributed by atoms with E-state index in [0.717, 1.165) is 32.7 Å². The highest BCUT2D eigenvalue weighted by atomic mass is 32.1. The molecule has 1 aliphatic rings. The highest BCUT2D eigenvalue weighted by Gasteiger charge is 2.25. The van der Waals surface area contributed by atoms with E-state index < -0.39 is 0 Å². The van der Waals surface area contributed by atoms with Crippen LogP contribution in [0.2, 0.25) is 0 Å². The van der Waals surface area contributed by atoms with Crippen LogP contribution in [-0.2, 0) is 4.74 Å². The molecule has 0 radical (unpaired) electrons. The Hall–Kier alpha value is -1.34. The van der Waals surface area contributed by atoms with Gasteiger partial charge in [0.2, 0.25) is 0 Å². The Labute approximate surface area is 117 Å². The highest BCUT2D eigenvalue weighted by molar-refractivity contribution is 7.17. The van der Waals surface area contributed by atoms with Gasteiger partial charge in [-0.2, -0.15) is 0 Å². The number of hydrogen-bond acceptors (Lipinski definition) is 7. The first-order valence-electron chi connectivity index (χ1n) is 6.56. The molecule has 2 N–H and O–H groups in total. The number of rotatable bonds is 4. The van der Waals surface area contributed by atoms with Crippen molar-refractivity contribution < 1.29 is 9.53 Å².